The molecule has 3 heteroatoms. The Bertz CT molecular complexity index is 612. The molecule has 0 saturated heterocycles. The number of rotatable bonds is 2. The highest BCUT2D eigenvalue weighted by Crippen LogP contribution is 2.28. The number of aryl methyl sites for hydroxylation is 1. The van der Waals surface area contributed by atoms with Crippen molar-refractivity contribution in [2.45, 2.75) is 19.3 Å². The summed E-state index contributed by atoms with van der Waals surface area (Å²) < 4.78 is 5.82. The molecule has 0 aliphatic carbocycles. The van der Waals surface area contributed by atoms with Gasteiger partial charge in [-0.3, -0.25) is 0 Å². The molecule has 1 aliphatic heterocycles. The fourth-order valence-electron chi connectivity index (χ4n) is 2.69. The lowest BCUT2D eigenvalue weighted by molar-refractivity contribution is 0.331. The molecule has 0 atom stereocenters. The minimum atomic E-state index is 0.563. The van der Waals surface area contributed by atoms with E-state index in [-0.39, 0.29) is 0 Å². The molecule has 2 aromatic carbocycles. The van der Waals surface area contributed by atoms with Crippen molar-refractivity contribution < 1.29 is 4.74 Å². The monoisotopic (exact) mass is 287 g/mol. The van der Waals surface area contributed by atoms with E-state index in [0.717, 1.165) is 18.8 Å². The number of halogens is 1. The first-order valence-corrected chi connectivity index (χ1v) is 7.42. The van der Waals surface area contributed by atoms with Crippen LogP contribution in [-0.2, 0) is 12.4 Å². The van der Waals surface area contributed by atoms with Gasteiger partial charge in [-0.2, -0.15) is 0 Å². The molecule has 104 valence electrons. The van der Waals surface area contributed by atoms with Crippen LogP contribution in [0.5, 0.6) is 5.75 Å². The number of nitrogens with zero attached hydrogens (tertiary/aromatic N) is 1. The minimum absolute atomic E-state index is 0.563. The highest BCUT2D eigenvalue weighted by Gasteiger charge is 2.16. The van der Waals surface area contributed by atoms with E-state index in [0.29, 0.717) is 12.5 Å². The SMILES string of the molecule is Cc1cc(CCl)ccc1N1CCOc2ccccc2C1. The van der Waals surface area contributed by atoms with Crippen molar-refractivity contribution in [2.75, 3.05) is 18.1 Å². The lowest BCUT2D eigenvalue weighted by Crippen LogP contribution is -2.25. The van der Waals surface area contributed by atoms with Crippen molar-refractivity contribution in [3.05, 3.63) is 59.2 Å². The van der Waals surface area contributed by atoms with Gasteiger partial charge in [-0.25, -0.2) is 0 Å². The average molecular weight is 288 g/mol. The topological polar surface area (TPSA) is 12.5 Å². The Kier molecular flexibility index (Phi) is 3.83. The van der Waals surface area contributed by atoms with E-state index in [2.05, 4.69) is 42.2 Å². The van der Waals surface area contributed by atoms with Crippen LogP contribution >= 0.6 is 11.6 Å². The third kappa shape index (κ3) is 2.61. The zero-order valence-corrected chi connectivity index (χ0v) is 12.4. The molecular weight excluding hydrogens is 270 g/mol. The van der Waals surface area contributed by atoms with Crippen molar-refractivity contribution in [3.63, 3.8) is 0 Å². The Morgan fingerprint density at radius 3 is 2.85 bits per heavy atom. The van der Waals surface area contributed by atoms with Crippen LogP contribution < -0.4 is 9.64 Å². The summed E-state index contributed by atoms with van der Waals surface area (Å²) >= 11 is 5.90. The molecule has 0 unspecified atom stereocenters. The van der Waals surface area contributed by atoms with Gasteiger partial charge in [-0.05, 0) is 30.2 Å². The molecule has 1 aliphatic rings. The first-order chi connectivity index (χ1) is 9.78. The van der Waals surface area contributed by atoms with Crippen molar-refractivity contribution in [1.29, 1.82) is 0 Å². The summed E-state index contributed by atoms with van der Waals surface area (Å²) in [5.41, 5.74) is 4.94. The maximum absolute atomic E-state index is 5.90. The second-order valence-electron chi connectivity index (χ2n) is 5.13. The number of fused-ring (bicyclic) bond motifs is 1. The second kappa shape index (κ2) is 5.76. The molecule has 0 amide bonds. The van der Waals surface area contributed by atoms with E-state index >= 15 is 0 Å². The van der Waals surface area contributed by atoms with Gasteiger partial charge in [-0.15, -0.1) is 11.6 Å². The van der Waals surface area contributed by atoms with E-state index in [1.54, 1.807) is 0 Å². The van der Waals surface area contributed by atoms with Crippen molar-refractivity contribution in [3.8, 4) is 5.75 Å². The molecule has 20 heavy (non-hydrogen) atoms. The summed E-state index contributed by atoms with van der Waals surface area (Å²) in [4.78, 5) is 2.37. The van der Waals surface area contributed by atoms with Crippen LogP contribution in [0.4, 0.5) is 5.69 Å². The highest BCUT2D eigenvalue weighted by molar-refractivity contribution is 6.17. The van der Waals surface area contributed by atoms with E-state index in [1.807, 2.05) is 12.1 Å². The van der Waals surface area contributed by atoms with E-state index in [4.69, 9.17) is 16.3 Å². The number of hydrogen-bond acceptors (Lipinski definition) is 2. The highest BCUT2D eigenvalue weighted by atomic mass is 35.5. The average Bonchev–Trinajstić information content (AvgIpc) is 2.69. The van der Waals surface area contributed by atoms with Gasteiger partial charge in [0.25, 0.3) is 0 Å². The Labute approximate surface area is 124 Å². The van der Waals surface area contributed by atoms with Crippen molar-refractivity contribution in [2.24, 2.45) is 0 Å². The lowest BCUT2D eigenvalue weighted by Gasteiger charge is -2.24. The van der Waals surface area contributed by atoms with E-state index < -0.39 is 0 Å². The minimum Gasteiger partial charge on any atom is -0.491 e. The van der Waals surface area contributed by atoms with Gasteiger partial charge in [0.2, 0.25) is 0 Å². The Balaban J connectivity index is 1.91. The number of para-hydroxylation sites is 1. The molecule has 3 rings (SSSR count). The summed E-state index contributed by atoms with van der Waals surface area (Å²) in [5, 5.41) is 0. The van der Waals surface area contributed by atoms with Crippen LogP contribution in [0.3, 0.4) is 0 Å². The van der Waals surface area contributed by atoms with Gasteiger partial charge in [-0.1, -0.05) is 30.3 Å². The molecule has 0 saturated carbocycles. The normalized spacial score (nSPS) is 14.4. The van der Waals surface area contributed by atoms with Crippen molar-refractivity contribution in [1.82, 2.24) is 0 Å². The predicted molar refractivity (Wildman–Crippen MR) is 83.7 cm³/mol. The molecule has 2 aromatic rings. The predicted octanol–water partition coefficient (Wildman–Crippen LogP) is 4.13. The third-order valence-electron chi connectivity index (χ3n) is 3.71. The van der Waals surface area contributed by atoms with Crippen LogP contribution in [0.2, 0.25) is 0 Å². The van der Waals surface area contributed by atoms with Gasteiger partial charge in [0.1, 0.15) is 12.4 Å². The molecule has 0 fully saturated rings. The standard InChI is InChI=1S/C17H18ClNO/c1-13-10-14(11-18)6-7-16(13)19-8-9-20-17-5-3-2-4-15(17)12-19/h2-7,10H,8-9,11-12H2,1H3. The van der Waals surface area contributed by atoms with Gasteiger partial charge in [0, 0.05) is 23.7 Å². The largest absolute Gasteiger partial charge is 0.491 e. The molecule has 0 bridgehead atoms. The molecular formula is C17H18ClNO. The number of alkyl halides is 1. The van der Waals surface area contributed by atoms with Gasteiger partial charge in [0.15, 0.2) is 0 Å². The zero-order chi connectivity index (χ0) is 13.9. The quantitative estimate of drug-likeness (QED) is 0.770. The van der Waals surface area contributed by atoms with Crippen LogP contribution in [0.1, 0.15) is 16.7 Å². The van der Waals surface area contributed by atoms with E-state index in [9.17, 15) is 0 Å². The molecule has 0 radical (unpaired) electrons. The molecule has 0 spiro atoms. The Hall–Kier alpha value is -1.67. The Morgan fingerprint density at radius 1 is 1.20 bits per heavy atom. The fourth-order valence-corrected chi connectivity index (χ4v) is 2.85. The number of hydrogen-bond donors (Lipinski definition) is 0. The maximum atomic E-state index is 5.90. The summed E-state index contributed by atoms with van der Waals surface area (Å²) in [7, 11) is 0. The van der Waals surface area contributed by atoms with E-state index in [1.165, 1.54) is 22.4 Å². The number of ether oxygens (including phenoxy) is 1. The first-order valence-electron chi connectivity index (χ1n) is 6.89. The van der Waals surface area contributed by atoms with Crippen LogP contribution in [0, 0.1) is 6.92 Å². The Morgan fingerprint density at radius 2 is 2.05 bits per heavy atom. The second-order valence-corrected chi connectivity index (χ2v) is 5.40. The summed E-state index contributed by atoms with van der Waals surface area (Å²) in [6.45, 7) is 4.64. The third-order valence-corrected chi connectivity index (χ3v) is 4.02. The maximum Gasteiger partial charge on any atom is 0.124 e. The van der Waals surface area contributed by atoms with Crippen LogP contribution in [-0.4, -0.2) is 13.2 Å². The summed E-state index contributed by atoms with van der Waals surface area (Å²) in [5.74, 6) is 1.57. The molecule has 1 heterocycles. The number of benzene rings is 2. The van der Waals surface area contributed by atoms with Crippen molar-refractivity contribution >= 4 is 17.3 Å². The fraction of sp³-hybridized carbons (Fsp3) is 0.294. The lowest BCUT2D eigenvalue weighted by atomic mass is 10.1. The van der Waals surface area contributed by atoms with Crippen LogP contribution in [0.25, 0.3) is 0 Å². The zero-order valence-electron chi connectivity index (χ0n) is 11.6. The molecule has 0 aromatic heterocycles. The number of anilines is 1. The smallest absolute Gasteiger partial charge is 0.124 e. The van der Waals surface area contributed by atoms with Gasteiger partial charge >= 0.3 is 0 Å². The summed E-state index contributed by atoms with van der Waals surface area (Å²) in [6, 6.07) is 14.7. The van der Waals surface area contributed by atoms with Gasteiger partial charge in [0.05, 0.1) is 6.54 Å². The van der Waals surface area contributed by atoms with Crippen LogP contribution in [0.15, 0.2) is 42.5 Å². The molecule has 0 N–H and O–H groups in total. The van der Waals surface area contributed by atoms with Gasteiger partial charge < -0.3 is 9.64 Å². The molecule has 2 nitrogen and oxygen atoms in total. The summed E-state index contributed by atoms with van der Waals surface area (Å²) in [6.07, 6.45) is 0. The first kappa shape index (κ1) is 13.3.